The zero-order chi connectivity index (χ0) is 10.9. The number of nitrogens with zero attached hydrogens (tertiary/aromatic N) is 1. The number of nitrogens with one attached hydrogen (secondary N) is 1. The normalized spacial score (nSPS) is 20.1. The number of piperidine rings is 1. The second kappa shape index (κ2) is 8.14. The standard InChI is InChI=1S/C12H23ClN2/c1-2-7-14-11-12-4-9-15(10-5-12)8-3-6-13/h3,6,12,14H,2,4-5,7-11H2,1H3. The van der Waals surface area contributed by atoms with Gasteiger partial charge < -0.3 is 5.32 Å². The van der Waals surface area contributed by atoms with Crippen molar-refractivity contribution >= 4 is 11.6 Å². The summed E-state index contributed by atoms with van der Waals surface area (Å²) in [6, 6.07) is 0. The molecule has 1 heterocycles. The molecule has 1 aliphatic heterocycles. The molecule has 2 nitrogen and oxygen atoms in total. The first-order valence-corrected chi connectivity index (χ1v) is 6.48. The van der Waals surface area contributed by atoms with E-state index < -0.39 is 0 Å². The van der Waals surface area contributed by atoms with Crippen molar-refractivity contribution in [1.82, 2.24) is 10.2 Å². The van der Waals surface area contributed by atoms with E-state index in [-0.39, 0.29) is 0 Å². The number of halogens is 1. The van der Waals surface area contributed by atoms with Crippen LogP contribution in [0, 0.1) is 5.92 Å². The minimum atomic E-state index is 0.882. The van der Waals surface area contributed by atoms with Crippen LogP contribution in [-0.4, -0.2) is 37.6 Å². The van der Waals surface area contributed by atoms with Crippen LogP contribution in [0.5, 0.6) is 0 Å². The largest absolute Gasteiger partial charge is 0.316 e. The lowest BCUT2D eigenvalue weighted by Gasteiger charge is -2.31. The molecule has 0 spiro atoms. The Morgan fingerprint density at radius 3 is 2.73 bits per heavy atom. The molecule has 0 bridgehead atoms. The highest BCUT2D eigenvalue weighted by Gasteiger charge is 2.17. The van der Waals surface area contributed by atoms with Crippen LogP contribution in [0.25, 0.3) is 0 Å². The predicted octanol–water partition coefficient (Wildman–Crippen LogP) is 2.45. The van der Waals surface area contributed by atoms with Crippen molar-refractivity contribution in [3.8, 4) is 0 Å². The molecule has 15 heavy (non-hydrogen) atoms. The monoisotopic (exact) mass is 230 g/mol. The molecule has 0 saturated carbocycles. The van der Waals surface area contributed by atoms with Crippen LogP contribution in [-0.2, 0) is 0 Å². The van der Waals surface area contributed by atoms with Gasteiger partial charge in [0.15, 0.2) is 0 Å². The van der Waals surface area contributed by atoms with Crippen molar-refractivity contribution in [3.05, 3.63) is 11.6 Å². The summed E-state index contributed by atoms with van der Waals surface area (Å²) < 4.78 is 0. The van der Waals surface area contributed by atoms with Gasteiger partial charge in [-0.05, 0) is 51.4 Å². The first kappa shape index (κ1) is 13.0. The fourth-order valence-electron chi connectivity index (χ4n) is 2.05. The van der Waals surface area contributed by atoms with E-state index in [9.17, 15) is 0 Å². The Morgan fingerprint density at radius 1 is 1.40 bits per heavy atom. The minimum absolute atomic E-state index is 0.882. The summed E-state index contributed by atoms with van der Waals surface area (Å²) in [4.78, 5) is 2.47. The van der Waals surface area contributed by atoms with Crippen molar-refractivity contribution in [3.63, 3.8) is 0 Å². The fourth-order valence-corrected chi connectivity index (χ4v) is 2.12. The summed E-state index contributed by atoms with van der Waals surface area (Å²) in [5.74, 6) is 0.882. The van der Waals surface area contributed by atoms with Gasteiger partial charge in [0.1, 0.15) is 0 Å². The van der Waals surface area contributed by atoms with Crippen LogP contribution in [0.3, 0.4) is 0 Å². The summed E-state index contributed by atoms with van der Waals surface area (Å²) in [5.41, 5.74) is 1.62. The lowest BCUT2D eigenvalue weighted by Crippen LogP contribution is -2.37. The maximum atomic E-state index is 5.52. The van der Waals surface area contributed by atoms with E-state index in [1.165, 1.54) is 38.9 Å². The Balaban J connectivity index is 2.07. The zero-order valence-corrected chi connectivity index (χ0v) is 10.5. The predicted molar refractivity (Wildman–Crippen MR) is 67.3 cm³/mol. The van der Waals surface area contributed by atoms with Gasteiger partial charge in [-0.25, -0.2) is 0 Å². The smallest absolute Gasteiger partial charge is 0.0174 e. The van der Waals surface area contributed by atoms with E-state index in [2.05, 4.69) is 17.1 Å². The second-order valence-corrected chi connectivity index (χ2v) is 4.56. The topological polar surface area (TPSA) is 15.3 Å². The molecule has 0 amide bonds. The number of rotatable bonds is 6. The average Bonchev–Trinajstić information content (AvgIpc) is 2.28. The van der Waals surface area contributed by atoms with Crippen LogP contribution < -0.4 is 5.32 Å². The quantitative estimate of drug-likeness (QED) is 0.706. The van der Waals surface area contributed by atoms with Crippen molar-refractivity contribution in [2.75, 3.05) is 32.7 Å². The summed E-state index contributed by atoms with van der Waals surface area (Å²) in [7, 11) is 0. The molecule has 1 saturated heterocycles. The van der Waals surface area contributed by atoms with Crippen LogP contribution in [0.1, 0.15) is 26.2 Å². The van der Waals surface area contributed by atoms with E-state index in [4.69, 9.17) is 11.6 Å². The van der Waals surface area contributed by atoms with Crippen molar-refractivity contribution in [2.45, 2.75) is 26.2 Å². The Morgan fingerprint density at radius 2 is 2.13 bits per heavy atom. The van der Waals surface area contributed by atoms with Gasteiger partial charge in [0, 0.05) is 12.1 Å². The van der Waals surface area contributed by atoms with E-state index >= 15 is 0 Å². The summed E-state index contributed by atoms with van der Waals surface area (Å²) >= 11 is 5.52. The van der Waals surface area contributed by atoms with Gasteiger partial charge in [0.25, 0.3) is 0 Å². The third-order valence-electron chi connectivity index (χ3n) is 3.02. The van der Waals surface area contributed by atoms with Gasteiger partial charge in [-0.3, -0.25) is 4.90 Å². The molecular formula is C12H23ClN2. The number of likely N-dealkylation sites (tertiary alicyclic amines) is 1. The first-order chi connectivity index (χ1) is 7.36. The SMILES string of the molecule is CCCNCC1CCN(CC=CCl)CC1. The van der Waals surface area contributed by atoms with E-state index in [1.807, 2.05) is 6.08 Å². The van der Waals surface area contributed by atoms with Crippen molar-refractivity contribution in [1.29, 1.82) is 0 Å². The summed E-state index contributed by atoms with van der Waals surface area (Å²) in [5, 5.41) is 3.51. The highest BCUT2D eigenvalue weighted by Crippen LogP contribution is 2.16. The van der Waals surface area contributed by atoms with Crippen LogP contribution in [0.2, 0.25) is 0 Å². The number of hydrogen-bond donors (Lipinski definition) is 1. The molecule has 1 fully saturated rings. The number of hydrogen-bond acceptors (Lipinski definition) is 2. The molecule has 0 unspecified atom stereocenters. The Bertz CT molecular complexity index is 174. The molecule has 0 radical (unpaired) electrons. The van der Waals surface area contributed by atoms with Gasteiger partial charge in [-0.2, -0.15) is 0 Å². The van der Waals surface area contributed by atoms with Gasteiger partial charge >= 0.3 is 0 Å². The fraction of sp³-hybridized carbons (Fsp3) is 0.833. The van der Waals surface area contributed by atoms with E-state index in [1.54, 1.807) is 5.54 Å². The first-order valence-electron chi connectivity index (χ1n) is 6.05. The average molecular weight is 231 g/mol. The molecule has 1 rings (SSSR count). The van der Waals surface area contributed by atoms with Crippen LogP contribution in [0.15, 0.2) is 11.6 Å². The molecule has 3 heteroatoms. The molecular weight excluding hydrogens is 208 g/mol. The molecule has 0 atom stereocenters. The summed E-state index contributed by atoms with van der Waals surface area (Å²) in [6.45, 7) is 8.04. The maximum absolute atomic E-state index is 5.52. The molecule has 1 N–H and O–H groups in total. The van der Waals surface area contributed by atoms with Crippen molar-refractivity contribution in [2.24, 2.45) is 5.92 Å². The highest BCUT2D eigenvalue weighted by atomic mass is 35.5. The molecule has 1 aliphatic rings. The van der Waals surface area contributed by atoms with Gasteiger partial charge in [-0.15, -0.1) is 0 Å². The van der Waals surface area contributed by atoms with Gasteiger partial charge in [0.05, 0.1) is 0 Å². The summed E-state index contributed by atoms with van der Waals surface area (Å²) in [6.07, 6.45) is 5.91. The van der Waals surface area contributed by atoms with Crippen LogP contribution >= 0.6 is 11.6 Å². The van der Waals surface area contributed by atoms with Gasteiger partial charge in [0.2, 0.25) is 0 Å². The van der Waals surface area contributed by atoms with Crippen LogP contribution in [0.4, 0.5) is 0 Å². The maximum Gasteiger partial charge on any atom is 0.0174 e. The highest BCUT2D eigenvalue weighted by molar-refractivity contribution is 6.25. The Labute approximate surface area is 98.7 Å². The zero-order valence-electron chi connectivity index (χ0n) is 9.71. The molecule has 0 aromatic carbocycles. The molecule has 88 valence electrons. The van der Waals surface area contributed by atoms with E-state index in [0.717, 1.165) is 19.0 Å². The second-order valence-electron chi connectivity index (χ2n) is 4.31. The molecule has 0 aliphatic carbocycles. The third kappa shape index (κ3) is 5.55. The van der Waals surface area contributed by atoms with Gasteiger partial charge in [-0.1, -0.05) is 24.6 Å². The Kier molecular flexibility index (Phi) is 7.07. The lowest BCUT2D eigenvalue weighted by atomic mass is 9.97. The third-order valence-corrected chi connectivity index (χ3v) is 3.20. The molecule has 0 aromatic heterocycles. The van der Waals surface area contributed by atoms with E-state index in [0.29, 0.717) is 0 Å². The molecule has 0 aromatic rings. The van der Waals surface area contributed by atoms with Crippen molar-refractivity contribution < 1.29 is 0 Å². The lowest BCUT2D eigenvalue weighted by molar-refractivity contribution is 0.198. The Hall–Kier alpha value is -0.0500. The minimum Gasteiger partial charge on any atom is -0.316 e.